The maximum Gasteiger partial charge on any atom is 0.315 e. The number of nitrogens with zero attached hydrogens (tertiary/aromatic N) is 2. The molecule has 0 spiro atoms. The van der Waals surface area contributed by atoms with Crippen molar-refractivity contribution in [3.05, 3.63) is 0 Å². The molecule has 0 aromatic carbocycles. The van der Waals surface area contributed by atoms with Crippen molar-refractivity contribution in [1.82, 2.24) is 36.4 Å². The monoisotopic (exact) mass is 510 g/mol. The van der Waals surface area contributed by atoms with Crippen molar-refractivity contribution in [2.75, 3.05) is 40.0 Å². The van der Waals surface area contributed by atoms with Crippen LogP contribution in [0.3, 0.4) is 0 Å². The Morgan fingerprint density at radius 3 is 2.78 bits per heavy atom. The van der Waals surface area contributed by atoms with Crippen LogP contribution < -0.4 is 32.3 Å². The Labute approximate surface area is 214 Å². The largest absolute Gasteiger partial charge is 0.387 e. The number of carbonyl (C=O) groups excluding carboxylic acids is 1. The lowest BCUT2D eigenvalue weighted by Crippen LogP contribution is -2.68. The Hall–Kier alpha value is -1.09. The van der Waals surface area contributed by atoms with Gasteiger partial charge in [0.15, 0.2) is 0 Å². The number of hydrogen-bond donors (Lipinski definition) is 8. The number of hydrogen-bond acceptors (Lipinski definition) is 10. The third kappa shape index (κ3) is 5.97. The Balaban J connectivity index is 0.983. The zero-order valence-electron chi connectivity index (χ0n) is 21.4. The molecular weight excluding hydrogens is 464 g/mol. The van der Waals surface area contributed by atoms with Crippen molar-refractivity contribution < 1.29 is 19.7 Å². The highest BCUT2D eigenvalue weighted by Crippen LogP contribution is 2.44. The molecule has 2 saturated carbocycles. The summed E-state index contributed by atoms with van der Waals surface area (Å²) in [5, 5.41) is 37.4. The third-order valence-electron chi connectivity index (χ3n) is 8.81. The molecule has 12 heteroatoms. The SMILES string of the molecule is CN(CCCNC(=O)N[C@@H]1C[C@H]1C1CCCCC1)C[C@H]1O[C@@H](N2CNC3C(N)NCNC32)[C@H](O)[C@@H]1O. The van der Waals surface area contributed by atoms with Crippen molar-refractivity contribution in [3.63, 3.8) is 0 Å². The average Bonchev–Trinajstić information content (AvgIpc) is 3.41. The summed E-state index contributed by atoms with van der Waals surface area (Å²) < 4.78 is 6.14. The number of ether oxygens (including phenoxy) is 1. The first-order chi connectivity index (χ1) is 17.4. The second kappa shape index (κ2) is 11.7. The highest BCUT2D eigenvalue weighted by Gasteiger charge is 2.51. The third-order valence-corrected chi connectivity index (χ3v) is 8.81. The number of rotatable bonds is 9. The van der Waals surface area contributed by atoms with Gasteiger partial charge in [0.25, 0.3) is 0 Å². The van der Waals surface area contributed by atoms with Gasteiger partial charge in [-0.2, -0.15) is 0 Å². The minimum Gasteiger partial charge on any atom is -0.387 e. The van der Waals surface area contributed by atoms with Crippen molar-refractivity contribution in [3.8, 4) is 0 Å². The zero-order valence-corrected chi connectivity index (χ0v) is 21.4. The molecule has 0 bridgehead atoms. The topological polar surface area (TPSA) is 159 Å². The van der Waals surface area contributed by atoms with E-state index in [1.165, 1.54) is 32.1 Å². The number of urea groups is 1. The van der Waals surface area contributed by atoms with Gasteiger partial charge in [-0.1, -0.05) is 32.1 Å². The van der Waals surface area contributed by atoms with Crippen LogP contribution in [0.1, 0.15) is 44.9 Å². The number of nitrogens with one attached hydrogen (secondary N) is 5. The fourth-order valence-electron chi connectivity index (χ4n) is 6.64. The van der Waals surface area contributed by atoms with E-state index in [0.717, 1.165) is 25.3 Å². The first-order valence-corrected chi connectivity index (χ1v) is 13.9. The Bertz CT molecular complexity index is 743. The molecule has 5 aliphatic rings. The zero-order chi connectivity index (χ0) is 25.2. The molecule has 12 nitrogen and oxygen atoms in total. The van der Waals surface area contributed by atoms with Gasteiger partial charge in [0.2, 0.25) is 0 Å². The lowest BCUT2D eigenvalue weighted by Gasteiger charge is -2.38. The van der Waals surface area contributed by atoms with E-state index < -0.39 is 24.5 Å². The normalized spacial score (nSPS) is 41.4. The van der Waals surface area contributed by atoms with Gasteiger partial charge >= 0.3 is 6.03 Å². The fraction of sp³-hybridized carbons (Fsp3) is 0.958. The fourth-order valence-corrected chi connectivity index (χ4v) is 6.64. The number of nitrogens with two attached hydrogens (primary N) is 1. The summed E-state index contributed by atoms with van der Waals surface area (Å²) in [4.78, 5) is 16.3. The number of aliphatic hydroxyl groups is 2. The molecule has 0 aromatic rings. The van der Waals surface area contributed by atoms with Gasteiger partial charge in [0, 0.05) is 25.8 Å². The van der Waals surface area contributed by atoms with Gasteiger partial charge in [0.1, 0.15) is 24.5 Å². The summed E-state index contributed by atoms with van der Waals surface area (Å²) in [7, 11) is 1.97. The predicted molar refractivity (Wildman–Crippen MR) is 134 cm³/mol. The molecule has 3 unspecified atom stereocenters. The highest BCUT2D eigenvalue weighted by atomic mass is 16.6. The highest BCUT2D eigenvalue weighted by molar-refractivity contribution is 5.74. The van der Waals surface area contributed by atoms with Crippen LogP contribution in [0.4, 0.5) is 4.79 Å². The molecule has 5 fully saturated rings. The first kappa shape index (κ1) is 26.5. The molecule has 5 rings (SSSR count). The van der Waals surface area contributed by atoms with Crippen LogP contribution in [0.25, 0.3) is 0 Å². The van der Waals surface area contributed by atoms with Crippen LogP contribution in [-0.2, 0) is 4.74 Å². The smallest absolute Gasteiger partial charge is 0.315 e. The molecule has 2 amide bonds. The van der Waals surface area contributed by atoms with Gasteiger partial charge in [-0.3, -0.25) is 16.0 Å². The maximum absolute atomic E-state index is 12.3. The molecule has 9 N–H and O–H groups in total. The summed E-state index contributed by atoms with van der Waals surface area (Å²) in [5.41, 5.74) is 6.15. The van der Waals surface area contributed by atoms with E-state index in [9.17, 15) is 15.0 Å². The van der Waals surface area contributed by atoms with Gasteiger partial charge < -0.3 is 36.2 Å². The van der Waals surface area contributed by atoms with E-state index in [0.29, 0.717) is 38.4 Å². The van der Waals surface area contributed by atoms with E-state index in [-0.39, 0.29) is 24.4 Å². The number of amides is 2. The van der Waals surface area contributed by atoms with Crippen molar-refractivity contribution in [2.45, 2.75) is 93.9 Å². The average molecular weight is 511 g/mol. The number of carbonyl (C=O) groups is 1. The van der Waals surface area contributed by atoms with Crippen LogP contribution in [-0.4, -0.2) is 115 Å². The Morgan fingerprint density at radius 2 is 1.97 bits per heavy atom. The number of aliphatic hydroxyl groups excluding tert-OH is 2. The van der Waals surface area contributed by atoms with Crippen molar-refractivity contribution in [1.29, 1.82) is 0 Å². The maximum atomic E-state index is 12.3. The van der Waals surface area contributed by atoms with Crippen molar-refractivity contribution in [2.24, 2.45) is 17.6 Å². The molecular formula is C24H46N8O4. The summed E-state index contributed by atoms with van der Waals surface area (Å²) in [6.07, 6.45) is 5.30. The number of likely N-dealkylation sites (N-methyl/N-ethyl adjacent to an activating group) is 1. The molecule has 36 heavy (non-hydrogen) atoms. The molecule has 0 aromatic heterocycles. The van der Waals surface area contributed by atoms with E-state index in [2.05, 4.69) is 31.5 Å². The van der Waals surface area contributed by atoms with Crippen LogP contribution >= 0.6 is 0 Å². The Morgan fingerprint density at radius 1 is 1.17 bits per heavy atom. The molecule has 206 valence electrons. The van der Waals surface area contributed by atoms with E-state index in [1.54, 1.807) is 0 Å². The molecule has 3 heterocycles. The molecule has 3 saturated heterocycles. The Kier molecular flexibility index (Phi) is 8.65. The summed E-state index contributed by atoms with van der Waals surface area (Å²) in [5.74, 6) is 1.49. The van der Waals surface area contributed by atoms with E-state index >= 15 is 0 Å². The molecule has 2 aliphatic carbocycles. The van der Waals surface area contributed by atoms with E-state index in [1.807, 2.05) is 11.9 Å². The minimum atomic E-state index is -0.998. The van der Waals surface area contributed by atoms with Gasteiger partial charge in [0.05, 0.1) is 25.0 Å². The van der Waals surface area contributed by atoms with Crippen LogP contribution in [0.2, 0.25) is 0 Å². The number of fused-ring (bicyclic) bond motifs is 1. The first-order valence-electron chi connectivity index (χ1n) is 13.9. The van der Waals surface area contributed by atoms with Crippen LogP contribution in [0.15, 0.2) is 0 Å². The van der Waals surface area contributed by atoms with Gasteiger partial charge in [-0.25, -0.2) is 9.69 Å². The standard InChI is InChI=1S/C24H46N8O4/c1-31(9-5-8-26-24(35)30-16-10-15(16)14-6-3-2-4-7-14)11-17-19(33)20(34)23(36-17)32-13-29-18-21(25)27-12-28-22(18)32/h14-23,27-29,33-34H,2-13,25H2,1H3,(H2,26,30,35)/t15-,16+,17+,18?,19+,20+,21?,22?,23+/m0/s1. The van der Waals surface area contributed by atoms with Gasteiger partial charge in [-0.05, 0) is 38.3 Å². The lowest BCUT2D eigenvalue weighted by molar-refractivity contribution is -0.106. The summed E-state index contributed by atoms with van der Waals surface area (Å²) in [6.45, 7) is 2.94. The van der Waals surface area contributed by atoms with E-state index in [4.69, 9.17) is 10.5 Å². The second-order valence-electron chi connectivity index (χ2n) is 11.4. The lowest BCUT2D eigenvalue weighted by atomic mass is 9.85. The second-order valence-corrected chi connectivity index (χ2v) is 11.4. The van der Waals surface area contributed by atoms with Crippen LogP contribution in [0.5, 0.6) is 0 Å². The predicted octanol–water partition coefficient (Wildman–Crippen LogP) is -1.98. The van der Waals surface area contributed by atoms with Gasteiger partial charge in [-0.15, -0.1) is 0 Å². The van der Waals surface area contributed by atoms with Crippen molar-refractivity contribution >= 4 is 6.03 Å². The summed E-state index contributed by atoms with van der Waals surface area (Å²) >= 11 is 0. The summed E-state index contributed by atoms with van der Waals surface area (Å²) in [6, 6.07) is 0.287. The molecule has 9 atom stereocenters. The minimum absolute atomic E-state index is 0.00354. The quantitative estimate of drug-likeness (QED) is 0.163. The molecule has 0 radical (unpaired) electrons. The van der Waals surface area contributed by atoms with Crippen LogP contribution in [0, 0.1) is 11.8 Å². The molecule has 3 aliphatic heterocycles.